The number of anilines is 1. The van der Waals surface area contributed by atoms with Crippen LogP contribution in [0.2, 0.25) is 0 Å². The summed E-state index contributed by atoms with van der Waals surface area (Å²) in [5, 5.41) is 12.6. The number of ether oxygens (including phenoxy) is 1. The molecule has 3 aromatic rings. The summed E-state index contributed by atoms with van der Waals surface area (Å²) in [6, 6.07) is 21.0. The topological polar surface area (TPSA) is 41.5 Å². The Morgan fingerprint density at radius 1 is 0.875 bits per heavy atom. The van der Waals surface area contributed by atoms with Gasteiger partial charge in [0.05, 0.1) is 0 Å². The third kappa shape index (κ3) is 4.26. The molecular weight excluding hydrogens is 305 g/mol. The van der Waals surface area contributed by atoms with E-state index in [9.17, 15) is 9.50 Å². The van der Waals surface area contributed by atoms with Crippen LogP contribution in [-0.4, -0.2) is 5.11 Å². The average molecular weight is 323 g/mol. The van der Waals surface area contributed by atoms with E-state index in [0.717, 1.165) is 22.6 Å². The molecule has 0 spiro atoms. The summed E-state index contributed by atoms with van der Waals surface area (Å²) in [5.41, 5.74) is 2.85. The minimum atomic E-state index is -0.253. The van der Waals surface area contributed by atoms with E-state index in [0.29, 0.717) is 13.2 Å². The van der Waals surface area contributed by atoms with Gasteiger partial charge in [0.1, 0.15) is 23.9 Å². The Balaban J connectivity index is 1.64. The Morgan fingerprint density at radius 2 is 1.58 bits per heavy atom. The van der Waals surface area contributed by atoms with Crippen LogP contribution in [0.15, 0.2) is 72.8 Å². The van der Waals surface area contributed by atoms with Crippen molar-refractivity contribution in [1.29, 1.82) is 0 Å². The lowest BCUT2D eigenvalue weighted by molar-refractivity contribution is 0.303. The number of hydrogen-bond acceptors (Lipinski definition) is 3. The number of benzene rings is 3. The number of nitrogens with one attached hydrogen (secondary N) is 1. The molecule has 0 fully saturated rings. The third-order valence-electron chi connectivity index (χ3n) is 3.63. The first-order chi connectivity index (χ1) is 11.7. The molecule has 122 valence electrons. The number of rotatable bonds is 6. The molecule has 0 heterocycles. The fourth-order valence-corrected chi connectivity index (χ4v) is 2.31. The van der Waals surface area contributed by atoms with Crippen LogP contribution in [0.25, 0.3) is 0 Å². The highest BCUT2D eigenvalue weighted by Crippen LogP contribution is 2.21. The van der Waals surface area contributed by atoms with Crippen LogP contribution in [0.5, 0.6) is 11.5 Å². The second-order valence-electron chi connectivity index (χ2n) is 5.42. The molecule has 0 bridgehead atoms. The quantitative estimate of drug-likeness (QED) is 0.645. The van der Waals surface area contributed by atoms with Gasteiger partial charge in [-0.05, 0) is 48.0 Å². The van der Waals surface area contributed by atoms with Gasteiger partial charge in [-0.3, -0.25) is 0 Å². The lowest BCUT2D eigenvalue weighted by Crippen LogP contribution is -2.03. The van der Waals surface area contributed by atoms with Gasteiger partial charge in [0.15, 0.2) is 0 Å². The molecule has 0 saturated carbocycles. The standard InChI is InChI=1S/C20H18FNO2/c21-17-7-5-15(6-8-17)14-24-20-4-2-1-3-16(20)13-22-18-9-11-19(23)12-10-18/h1-12,22-23H,13-14H2. The van der Waals surface area contributed by atoms with E-state index in [1.54, 1.807) is 24.3 Å². The molecule has 0 unspecified atom stereocenters. The molecule has 0 radical (unpaired) electrons. The minimum absolute atomic E-state index is 0.239. The lowest BCUT2D eigenvalue weighted by atomic mass is 10.2. The Morgan fingerprint density at radius 3 is 2.33 bits per heavy atom. The molecular formula is C20H18FNO2. The summed E-state index contributed by atoms with van der Waals surface area (Å²) in [6.07, 6.45) is 0. The third-order valence-corrected chi connectivity index (χ3v) is 3.63. The van der Waals surface area contributed by atoms with Crippen LogP contribution < -0.4 is 10.1 Å². The van der Waals surface area contributed by atoms with E-state index in [1.807, 2.05) is 36.4 Å². The smallest absolute Gasteiger partial charge is 0.124 e. The highest BCUT2D eigenvalue weighted by molar-refractivity contribution is 5.47. The number of halogens is 1. The normalized spacial score (nSPS) is 10.4. The lowest BCUT2D eigenvalue weighted by Gasteiger charge is -2.13. The largest absolute Gasteiger partial charge is 0.508 e. The second-order valence-corrected chi connectivity index (χ2v) is 5.42. The van der Waals surface area contributed by atoms with Crippen LogP contribution in [0, 0.1) is 5.82 Å². The van der Waals surface area contributed by atoms with E-state index in [1.165, 1.54) is 12.1 Å². The molecule has 0 aliphatic heterocycles. The Kier molecular flexibility index (Phi) is 4.96. The van der Waals surface area contributed by atoms with E-state index >= 15 is 0 Å². The fraction of sp³-hybridized carbons (Fsp3) is 0.100. The predicted molar refractivity (Wildman–Crippen MR) is 92.6 cm³/mol. The Labute approximate surface area is 140 Å². The zero-order chi connectivity index (χ0) is 16.8. The molecule has 0 amide bonds. The van der Waals surface area contributed by atoms with Gasteiger partial charge in [-0.25, -0.2) is 4.39 Å². The van der Waals surface area contributed by atoms with Crippen molar-refractivity contribution in [2.75, 3.05) is 5.32 Å². The molecule has 0 aliphatic carbocycles. The van der Waals surface area contributed by atoms with Crippen molar-refractivity contribution in [1.82, 2.24) is 0 Å². The van der Waals surface area contributed by atoms with Gasteiger partial charge >= 0.3 is 0 Å². The highest BCUT2D eigenvalue weighted by atomic mass is 19.1. The number of para-hydroxylation sites is 1. The number of phenols is 1. The van der Waals surface area contributed by atoms with E-state index < -0.39 is 0 Å². The summed E-state index contributed by atoms with van der Waals surface area (Å²) in [6.45, 7) is 0.987. The fourth-order valence-electron chi connectivity index (χ4n) is 2.31. The second kappa shape index (κ2) is 7.51. The highest BCUT2D eigenvalue weighted by Gasteiger charge is 2.04. The summed E-state index contributed by atoms with van der Waals surface area (Å²) in [5.74, 6) is 0.772. The zero-order valence-electron chi connectivity index (χ0n) is 13.1. The summed E-state index contributed by atoms with van der Waals surface area (Å²) in [4.78, 5) is 0. The molecule has 4 heteroatoms. The van der Waals surface area contributed by atoms with Gasteiger partial charge in [0.25, 0.3) is 0 Å². The van der Waals surface area contributed by atoms with Gasteiger partial charge in [0, 0.05) is 17.8 Å². The molecule has 3 rings (SSSR count). The van der Waals surface area contributed by atoms with Crippen molar-refractivity contribution in [3.05, 3.63) is 89.7 Å². The summed E-state index contributed by atoms with van der Waals surface area (Å²) < 4.78 is 18.8. The first-order valence-corrected chi connectivity index (χ1v) is 7.69. The maximum Gasteiger partial charge on any atom is 0.124 e. The van der Waals surface area contributed by atoms with E-state index in [-0.39, 0.29) is 11.6 Å². The van der Waals surface area contributed by atoms with Crippen LogP contribution in [0.3, 0.4) is 0 Å². The molecule has 0 atom stereocenters. The number of phenolic OH excluding ortho intramolecular Hbond substituents is 1. The SMILES string of the molecule is Oc1ccc(NCc2ccccc2OCc2ccc(F)cc2)cc1. The van der Waals surface area contributed by atoms with Gasteiger partial charge in [-0.1, -0.05) is 30.3 Å². The van der Waals surface area contributed by atoms with Gasteiger partial charge in [0.2, 0.25) is 0 Å². The van der Waals surface area contributed by atoms with Crippen LogP contribution in [0.4, 0.5) is 10.1 Å². The minimum Gasteiger partial charge on any atom is -0.508 e. The number of hydrogen-bond donors (Lipinski definition) is 2. The summed E-state index contributed by atoms with van der Waals surface area (Å²) in [7, 11) is 0. The van der Waals surface area contributed by atoms with Gasteiger partial charge in [-0.2, -0.15) is 0 Å². The maximum atomic E-state index is 12.9. The average Bonchev–Trinajstić information content (AvgIpc) is 2.61. The number of aromatic hydroxyl groups is 1. The van der Waals surface area contributed by atoms with Crippen molar-refractivity contribution >= 4 is 5.69 Å². The monoisotopic (exact) mass is 323 g/mol. The van der Waals surface area contributed by atoms with Crippen molar-refractivity contribution < 1.29 is 14.2 Å². The Bertz CT molecular complexity index is 717. The zero-order valence-corrected chi connectivity index (χ0v) is 13.1. The molecule has 2 N–H and O–H groups in total. The van der Waals surface area contributed by atoms with E-state index in [4.69, 9.17) is 4.74 Å². The summed E-state index contributed by atoms with van der Waals surface area (Å²) >= 11 is 0. The molecule has 24 heavy (non-hydrogen) atoms. The van der Waals surface area contributed by atoms with Crippen molar-refractivity contribution in [2.45, 2.75) is 13.2 Å². The molecule has 3 aromatic carbocycles. The Hall–Kier alpha value is -3.01. The van der Waals surface area contributed by atoms with Gasteiger partial charge in [-0.15, -0.1) is 0 Å². The van der Waals surface area contributed by atoms with Crippen molar-refractivity contribution in [3.63, 3.8) is 0 Å². The predicted octanol–water partition coefficient (Wildman–Crippen LogP) is 4.72. The van der Waals surface area contributed by atoms with Crippen LogP contribution in [0.1, 0.15) is 11.1 Å². The van der Waals surface area contributed by atoms with Crippen molar-refractivity contribution in [2.24, 2.45) is 0 Å². The molecule has 0 aromatic heterocycles. The molecule has 0 aliphatic rings. The van der Waals surface area contributed by atoms with Crippen LogP contribution >= 0.6 is 0 Å². The van der Waals surface area contributed by atoms with E-state index in [2.05, 4.69) is 5.32 Å². The first kappa shape index (κ1) is 15.9. The van der Waals surface area contributed by atoms with Crippen LogP contribution in [-0.2, 0) is 13.2 Å². The maximum absolute atomic E-state index is 12.9. The van der Waals surface area contributed by atoms with Gasteiger partial charge < -0.3 is 15.2 Å². The van der Waals surface area contributed by atoms with Crippen molar-refractivity contribution in [3.8, 4) is 11.5 Å². The first-order valence-electron chi connectivity index (χ1n) is 7.69. The molecule has 3 nitrogen and oxygen atoms in total. The molecule has 0 saturated heterocycles.